The number of hydrogen-bond acceptors (Lipinski definition) is 8. The summed E-state index contributed by atoms with van der Waals surface area (Å²) in [4.78, 5) is 32.1. The number of fused-ring (bicyclic) bond motifs is 1. The Morgan fingerprint density at radius 3 is 2.69 bits per heavy atom. The van der Waals surface area contributed by atoms with Crippen LogP contribution in [0.2, 0.25) is 5.02 Å². The van der Waals surface area contributed by atoms with Gasteiger partial charge in [0, 0.05) is 22.2 Å². The topological polar surface area (TPSA) is 92.3 Å². The summed E-state index contributed by atoms with van der Waals surface area (Å²) in [6, 6.07) is 15.3. The maximum atomic E-state index is 13.9. The van der Waals surface area contributed by atoms with Crippen molar-refractivity contribution in [3.63, 3.8) is 0 Å². The lowest BCUT2D eigenvalue weighted by Crippen LogP contribution is -2.40. The molecule has 1 aliphatic rings. The van der Waals surface area contributed by atoms with Crippen LogP contribution in [-0.4, -0.2) is 31.4 Å². The van der Waals surface area contributed by atoms with Gasteiger partial charge in [-0.05, 0) is 56.3 Å². The van der Waals surface area contributed by atoms with E-state index >= 15 is 0 Å². The normalized spacial score (nSPS) is 15.1. The molecule has 2 aromatic heterocycles. The smallest absolute Gasteiger partial charge is 0.338 e. The molecule has 0 amide bonds. The van der Waals surface area contributed by atoms with Gasteiger partial charge in [0.25, 0.3) is 5.56 Å². The Labute approximate surface area is 233 Å². The van der Waals surface area contributed by atoms with Gasteiger partial charge < -0.3 is 18.6 Å². The third kappa shape index (κ3) is 5.03. The van der Waals surface area contributed by atoms with Crippen LogP contribution in [0.15, 0.2) is 80.1 Å². The second-order valence-electron chi connectivity index (χ2n) is 8.62. The summed E-state index contributed by atoms with van der Waals surface area (Å²) in [7, 11) is 3.08. The summed E-state index contributed by atoms with van der Waals surface area (Å²) in [5.74, 6) is 1.60. The highest BCUT2D eigenvalue weighted by Crippen LogP contribution is 2.37. The molecule has 1 atom stereocenters. The summed E-state index contributed by atoms with van der Waals surface area (Å²) in [6.45, 7) is 3.63. The van der Waals surface area contributed by atoms with Crippen LogP contribution in [0.5, 0.6) is 11.5 Å². The SMILES string of the molecule is CCOC(=O)C1=C(C)N=c2s/c(=C\c3ccc(-c4cccc(Cl)c4)o3)c(=O)n2[C@@H]1c1cc(OC)ccc1OC. The van der Waals surface area contributed by atoms with Gasteiger partial charge in [-0.1, -0.05) is 35.1 Å². The molecular weight excluding hydrogens is 540 g/mol. The van der Waals surface area contributed by atoms with E-state index in [4.69, 9.17) is 30.2 Å². The Balaban J connectivity index is 1.69. The maximum absolute atomic E-state index is 13.9. The van der Waals surface area contributed by atoms with Crippen LogP contribution in [0.4, 0.5) is 0 Å². The van der Waals surface area contributed by atoms with Crippen molar-refractivity contribution in [3.05, 3.63) is 102 Å². The average molecular weight is 565 g/mol. The van der Waals surface area contributed by atoms with Gasteiger partial charge in [0.05, 0.1) is 36.6 Å². The highest BCUT2D eigenvalue weighted by atomic mass is 35.5. The number of aromatic nitrogens is 1. The van der Waals surface area contributed by atoms with E-state index in [-0.39, 0.29) is 17.7 Å². The molecule has 8 nitrogen and oxygen atoms in total. The highest BCUT2D eigenvalue weighted by Gasteiger charge is 2.35. The minimum Gasteiger partial charge on any atom is -0.497 e. The first kappa shape index (κ1) is 26.5. The predicted octanol–water partition coefficient (Wildman–Crippen LogP) is 4.73. The molecule has 0 saturated carbocycles. The fourth-order valence-corrected chi connectivity index (χ4v) is 5.71. The first-order valence-corrected chi connectivity index (χ1v) is 13.3. The molecule has 39 heavy (non-hydrogen) atoms. The van der Waals surface area contributed by atoms with Gasteiger partial charge in [0.15, 0.2) is 4.80 Å². The molecule has 0 radical (unpaired) electrons. The Morgan fingerprint density at radius 2 is 1.97 bits per heavy atom. The third-order valence-corrected chi connectivity index (χ3v) is 7.48. The van der Waals surface area contributed by atoms with Gasteiger partial charge in [-0.25, -0.2) is 9.79 Å². The van der Waals surface area contributed by atoms with Crippen LogP contribution in [0.1, 0.15) is 31.2 Å². The minimum atomic E-state index is -0.842. The van der Waals surface area contributed by atoms with Crippen molar-refractivity contribution >= 4 is 35.0 Å². The number of rotatable bonds is 7. The van der Waals surface area contributed by atoms with Gasteiger partial charge in [0.1, 0.15) is 29.1 Å². The molecule has 0 unspecified atom stereocenters. The van der Waals surface area contributed by atoms with Crippen LogP contribution in [0.3, 0.4) is 0 Å². The van der Waals surface area contributed by atoms with E-state index < -0.39 is 12.0 Å². The number of furan rings is 1. The summed E-state index contributed by atoms with van der Waals surface area (Å²) in [5, 5.41) is 0.597. The Morgan fingerprint density at radius 1 is 1.15 bits per heavy atom. The van der Waals surface area contributed by atoms with Gasteiger partial charge in [-0.15, -0.1) is 0 Å². The van der Waals surface area contributed by atoms with E-state index in [2.05, 4.69) is 4.99 Å². The molecule has 10 heteroatoms. The monoisotopic (exact) mass is 564 g/mol. The Hall–Kier alpha value is -4.08. The van der Waals surface area contributed by atoms with Crippen molar-refractivity contribution in [1.82, 2.24) is 4.57 Å². The summed E-state index contributed by atoms with van der Waals surface area (Å²) in [6.07, 6.45) is 1.67. The molecule has 2 aromatic carbocycles. The lowest BCUT2D eigenvalue weighted by molar-refractivity contribution is -0.139. The summed E-state index contributed by atoms with van der Waals surface area (Å²) >= 11 is 7.33. The number of esters is 1. The summed E-state index contributed by atoms with van der Waals surface area (Å²) < 4.78 is 24.3. The van der Waals surface area contributed by atoms with Gasteiger partial charge in [-0.2, -0.15) is 0 Å². The number of benzene rings is 2. The standard InChI is InChI=1S/C29H25ClN2O6S/c1-5-37-28(34)25-16(2)31-29-32(26(25)21-14-19(35-3)9-12-23(21)36-4)27(33)24(39-29)15-20-10-11-22(38-20)17-7-6-8-18(30)13-17/h6-15,26H,5H2,1-4H3/b24-15-/t26-/m1/s1. The van der Waals surface area contributed by atoms with Gasteiger partial charge in [-0.3, -0.25) is 9.36 Å². The van der Waals surface area contributed by atoms with Crippen molar-refractivity contribution in [2.24, 2.45) is 4.99 Å². The van der Waals surface area contributed by atoms with Crippen LogP contribution in [0, 0.1) is 0 Å². The van der Waals surface area contributed by atoms with Crippen LogP contribution in [0.25, 0.3) is 17.4 Å². The lowest BCUT2D eigenvalue weighted by atomic mass is 9.95. The molecule has 0 N–H and O–H groups in total. The number of thiazole rings is 1. The van der Waals surface area contributed by atoms with Crippen molar-refractivity contribution in [3.8, 4) is 22.8 Å². The van der Waals surface area contributed by atoms with E-state index in [0.29, 0.717) is 48.6 Å². The van der Waals surface area contributed by atoms with Gasteiger partial charge >= 0.3 is 5.97 Å². The fraction of sp³-hybridized carbons (Fsp3) is 0.207. The maximum Gasteiger partial charge on any atom is 0.338 e. The number of carbonyl (C=O) groups is 1. The Kier molecular flexibility index (Phi) is 7.45. The zero-order chi connectivity index (χ0) is 27.7. The molecule has 3 heterocycles. The molecule has 1 aliphatic heterocycles. The molecule has 0 spiro atoms. The van der Waals surface area contributed by atoms with E-state index in [1.165, 1.54) is 23.0 Å². The van der Waals surface area contributed by atoms with Crippen molar-refractivity contribution in [1.29, 1.82) is 0 Å². The van der Waals surface area contributed by atoms with Crippen LogP contribution in [-0.2, 0) is 9.53 Å². The third-order valence-electron chi connectivity index (χ3n) is 6.26. The largest absolute Gasteiger partial charge is 0.497 e. The van der Waals surface area contributed by atoms with E-state index in [1.54, 1.807) is 63.4 Å². The molecule has 0 bridgehead atoms. The number of allylic oxidation sites excluding steroid dienone is 1. The highest BCUT2D eigenvalue weighted by molar-refractivity contribution is 7.07. The van der Waals surface area contributed by atoms with E-state index in [1.807, 2.05) is 18.2 Å². The Bertz CT molecular complexity index is 1780. The number of methoxy groups -OCH3 is 2. The first-order valence-electron chi connectivity index (χ1n) is 12.1. The van der Waals surface area contributed by atoms with E-state index in [9.17, 15) is 9.59 Å². The molecular formula is C29H25ClN2O6S. The second kappa shape index (κ2) is 11.0. The molecule has 5 rings (SSSR count). The average Bonchev–Trinajstić information content (AvgIpc) is 3.52. The van der Waals surface area contributed by atoms with Crippen molar-refractivity contribution in [2.75, 3.05) is 20.8 Å². The van der Waals surface area contributed by atoms with E-state index in [0.717, 1.165) is 5.56 Å². The first-order chi connectivity index (χ1) is 18.8. The number of halogens is 1. The van der Waals surface area contributed by atoms with Gasteiger partial charge in [0.2, 0.25) is 0 Å². The molecule has 0 saturated heterocycles. The number of nitrogens with zero attached hydrogens (tertiary/aromatic N) is 2. The number of carbonyl (C=O) groups excluding carboxylic acids is 1. The van der Waals surface area contributed by atoms with Crippen molar-refractivity contribution < 1.29 is 23.4 Å². The number of hydrogen-bond donors (Lipinski definition) is 0. The zero-order valence-corrected chi connectivity index (χ0v) is 23.3. The quantitative estimate of drug-likeness (QED) is 0.301. The van der Waals surface area contributed by atoms with Crippen molar-refractivity contribution in [2.45, 2.75) is 19.9 Å². The lowest BCUT2D eigenvalue weighted by Gasteiger charge is -2.26. The van der Waals surface area contributed by atoms with Crippen LogP contribution >= 0.6 is 22.9 Å². The molecule has 200 valence electrons. The zero-order valence-electron chi connectivity index (χ0n) is 21.7. The minimum absolute atomic E-state index is 0.176. The molecule has 0 aliphatic carbocycles. The molecule has 0 fully saturated rings. The van der Waals surface area contributed by atoms with Crippen LogP contribution < -0.4 is 24.4 Å². The fourth-order valence-electron chi connectivity index (χ4n) is 4.50. The second-order valence-corrected chi connectivity index (χ2v) is 10.1. The predicted molar refractivity (Wildman–Crippen MR) is 149 cm³/mol. The number of ether oxygens (including phenoxy) is 3. The summed E-state index contributed by atoms with van der Waals surface area (Å²) in [5.41, 5.74) is 1.77. The molecule has 4 aromatic rings.